The van der Waals surface area contributed by atoms with Crippen LogP contribution in [0.25, 0.3) is 5.57 Å². The van der Waals surface area contributed by atoms with Gasteiger partial charge in [-0.2, -0.15) is 5.26 Å². The van der Waals surface area contributed by atoms with Crippen molar-refractivity contribution in [2.45, 2.75) is 20.8 Å². The standard InChI is InChI=1S/C26H20ClN3O2/c1-15-4-8-19(12-17(15)3)23-24(29-20-9-5-16(2)22(27)13-20)26(32)30(25(23)31)21-10-6-18(14-28)7-11-21/h4-13,29H,1-3H3. The third-order valence-corrected chi connectivity index (χ3v) is 5.98. The number of imide groups is 1. The van der Waals surface area contributed by atoms with Crippen molar-refractivity contribution in [2.24, 2.45) is 0 Å². The summed E-state index contributed by atoms with van der Waals surface area (Å²) in [5.41, 5.74) is 5.61. The first kappa shape index (κ1) is 21.4. The average molecular weight is 442 g/mol. The van der Waals surface area contributed by atoms with E-state index in [0.717, 1.165) is 21.6 Å². The first-order valence-electron chi connectivity index (χ1n) is 10.0. The summed E-state index contributed by atoms with van der Waals surface area (Å²) in [6.45, 7) is 5.85. The van der Waals surface area contributed by atoms with Crippen molar-refractivity contribution in [1.29, 1.82) is 5.26 Å². The zero-order chi connectivity index (χ0) is 23.0. The Kier molecular flexibility index (Phi) is 5.56. The fourth-order valence-corrected chi connectivity index (χ4v) is 3.73. The number of hydrogen-bond donors (Lipinski definition) is 1. The van der Waals surface area contributed by atoms with Crippen LogP contribution >= 0.6 is 11.6 Å². The van der Waals surface area contributed by atoms with Crippen molar-refractivity contribution in [3.8, 4) is 6.07 Å². The highest BCUT2D eigenvalue weighted by atomic mass is 35.5. The lowest BCUT2D eigenvalue weighted by Crippen LogP contribution is -2.32. The fourth-order valence-electron chi connectivity index (χ4n) is 3.54. The number of nitrogens with zero attached hydrogens (tertiary/aromatic N) is 2. The maximum absolute atomic E-state index is 13.5. The van der Waals surface area contributed by atoms with Crippen LogP contribution < -0.4 is 10.2 Å². The number of amides is 2. The van der Waals surface area contributed by atoms with E-state index in [4.69, 9.17) is 16.9 Å². The van der Waals surface area contributed by atoms with Crippen LogP contribution in [-0.4, -0.2) is 11.8 Å². The molecular formula is C26H20ClN3O2. The van der Waals surface area contributed by atoms with Crippen LogP contribution in [0.2, 0.25) is 5.02 Å². The molecule has 3 aromatic rings. The fraction of sp³-hybridized carbons (Fsp3) is 0.115. The summed E-state index contributed by atoms with van der Waals surface area (Å²) in [4.78, 5) is 28.1. The summed E-state index contributed by atoms with van der Waals surface area (Å²) in [5.74, 6) is -0.895. The van der Waals surface area contributed by atoms with Gasteiger partial charge in [0.1, 0.15) is 5.70 Å². The highest BCUT2D eigenvalue weighted by Crippen LogP contribution is 2.35. The quantitative estimate of drug-likeness (QED) is 0.540. The third-order valence-electron chi connectivity index (χ3n) is 5.58. The second-order valence-corrected chi connectivity index (χ2v) is 8.15. The second-order valence-electron chi connectivity index (χ2n) is 7.74. The SMILES string of the molecule is Cc1ccc(C2=C(Nc3ccc(C)c(Cl)c3)C(=O)N(c3ccc(C#N)cc3)C2=O)cc1C. The van der Waals surface area contributed by atoms with Crippen LogP contribution in [0.15, 0.2) is 66.4 Å². The van der Waals surface area contributed by atoms with Gasteiger partial charge < -0.3 is 5.32 Å². The largest absolute Gasteiger partial charge is 0.350 e. The molecule has 0 bridgehead atoms. The number of halogens is 1. The normalized spacial score (nSPS) is 13.5. The van der Waals surface area contributed by atoms with Crippen molar-refractivity contribution in [2.75, 3.05) is 10.2 Å². The van der Waals surface area contributed by atoms with Crippen LogP contribution in [0.4, 0.5) is 11.4 Å². The first-order chi connectivity index (χ1) is 15.3. The number of carbonyl (C=O) groups is 2. The zero-order valence-corrected chi connectivity index (χ0v) is 18.6. The highest BCUT2D eigenvalue weighted by molar-refractivity contribution is 6.46. The summed E-state index contributed by atoms with van der Waals surface area (Å²) in [5, 5.41) is 12.7. The maximum atomic E-state index is 13.5. The minimum Gasteiger partial charge on any atom is -0.350 e. The molecule has 2 amide bonds. The second kappa shape index (κ2) is 8.33. The molecule has 0 saturated heterocycles. The molecule has 0 atom stereocenters. The first-order valence-corrected chi connectivity index (χ1v) is 10.4. The van der Waals surface area contributed by atoms with Crippen LogP contribution in [-0.2, 0) is 9.59 Å². The third kappa shape index (κ3) is 3.77. The summed E-state index contributed by atoms with van der Waals surface area (Å²) < 4.78 is 0. The monoisotopic (exact) mass is 441 g/mol. The van der Waals surface area contributed by atoms with E-state index in [1.54, 1.807) is 30.3 Å². The lowest BCUT2D eigenvalue weighted by molar-refractivity contribution is -0.120. The molecule has 1 heterocycles. The van der Waals surface area contributed by atoms with Gasteiger partial charge in [0, 0.05) is 10.7 Å². The molecule has 158 valence electrons. The lowest BCUT2D eigenvalue weighted by atomic mass is 9.99. The van der Waals surface area contributed by atoms with E-state index >= 15 is 0 Å². The molecule has 4 rings (SSSR count). The van der Waals surface area contributed by atoms with E-state index in [1.165, 1.54) is 0 Å². The van der Waals surface area contributed by atoms with Gasteiger partial charge in [0.15, 0.2) is 0 Å². The van der Waals surface area contributed by atoms with Crippen molar-refractivity contribution < 1.29 is 9.59 Å². The van der Waals surface area contributed by atoms with Gasteiger partial charge in [-0.05, 0) is 79.4 Å². The average Bonchev–Trinajstić information content (AvgIpc) is 3.02. The predicted molar refractivity (Wildman–Crippen MR) is 126 cm³/mol. The van der Waals surface area contributed by atoms with Gasteiger partial charge in [-0.25, -0.2) is 4.90 Å². The summed E-state index contributed by atoms with van der Waals surface area (Å²) in [7, 11) is 0. The molecule has 0 unspecified atom stereocenters. The number of benzene rings is 3. The number of nitriles is 1. The molecule has 6 heteroatoms. The highest BCUT2D eigenvalue weighted by Gasteiger charge is 2.40. The van der Waals surface area contributed by atoms with Crippen LogP contribution in [0, 0.1) is 32.1 Å². The van der Waals surface area contributed by atoms with Gasteiger partial charge in [-0.3, -0.25) is 9.59 Å². The molecule has 1 aliphatic heterocycles. The molecule has 1 aliphatic rings. The Hall–Kier alpha value is -3.88. The number of carbonyl (C=O) groups excluding carboxylic acids is 2. The molecule has 1 N–H and O–H groups in total. The molecule has 0 radical (unpaired) electrons. The Bertz CT molecular complexity index is 1330. The Morgan fingerprint density at radius 1 is 0.844 bits per heavy atom. The van der Waals surface area contributed by atoms with Gasteiger partial charge in [0.05, 0.1) is 22.9 Å². The molecule has 0 aliphatic carbocycles. The number of nitrogens with one attached hydrogen (secondary N) is 1. The van der Waals surface area contributed by atoms with Crippen molar-refractivity contribution in [3.05, 3.63) is 99.2 Å². The van der Waals surface area contributed by atoms with E-state index in [2.05, 4.69) is 5.32 Å². The molecule has 0 saturated carbocycles. The number of hydrogen-bond acceptors (Lipinski definition) is 4. The van der Waals surface area contributed by atoms with E-state index in [9.17, 15) is 9.59 Å². The van der Waals surface area contributed by atoms with Gasteiger partial charge >= 0.3 is 0 Å². The molecule has 3 aromatic carbocycles. The van der Waals surface area contributed by atoms with Crippen molar-refractivity contribution in [3.63, 3.8) is 0 Å². The Morgan fingerprint density at radius 3 is 2.16 bits per heavy atom. The summed E-state index contributed by atoms with van der Waals surface area (Å²) in [6.07, 6.45) is 0. The number of aryl methyl sites for hydroxylation is 3. The Labute approximate surface area is 191 Å². The van der Waals surface area contributed by atoms with E-state index in [-0.39, 0.29) is 5.70 Å². The van der Waals surface area contributed by atoms with Gasteiger partial charge in [0.2, 0.25) is 0 Å². The molecule has 0 spiro atoms. The van der Waals surface area contributed by atoms with E-state index in [0.29, 0.717) is 33.1 Å². The molecule has 0 aromatic heterocycles. The van der Waals surface area contributed by atoms with Gasteiger partial charge in [0.25, 0.3) is 11.8 Å². The van der Waals surface area contributed by atoms with Crippen LogP contribution in [0.5, 0.6) is 0 Å². The number of anilines is 2. The topological polar surface area (TPSA) is 73.2 Å². The molecular weight excluding hydrogens is 422 g/mol. The predicted octanol–water partition coefficient (Wildman–Crippen LogP) is 5.53. The van der Waals surface area contributed by atoms with Crippen molar-refractivity contribution in [1.82, 2.24) is 0 Å². The summed E-state index contributed by atoms with van der Waals surface area (Å²) in [6, 6.07) is 19.5. The zero-order valence-electron chi connectivity index (χ0n) is 17.9. The van der Waals surface area contributed by atoms with Crippen LogP contribution in [0.3, 0.4) is 0 Å². The Balaban J connectivity index is 1.83. The van der Waals surface area contributed by atoms with Crippen molar-refractivity contribution >= 4 is 40.4 Å². The minimum absolute atomic E-state index is 0.183. The lowest BCUT2D eigenvalue weighted by Gasteiger charge is -2.15. The molecule has 5 nitrogen and oxygen atoms in total. The van der Waals surface area contributed by atoms with Gasteiger partial charge in [-0.1, -0.05) is 35.9 Å². The van der Waals surface area contributed by atoms with Crippen LogP contribution in [0.1, 0.15) is 27.8 Å². The Morgan fingerprint density at radius 2 is 1.53 bits per heavy atom. The smallest absolute Gasteiger partial charge is 0.282 e. The van der Waals surface area contributed by atoms with E-state index in [1.807, 2.05) is 57.2 Å². The summed E-state index contributed by atoms with van der Waals surface area (Å²) >= 11 is 6.26. The van der Waals surface area contributed by atoms with Gasteiger partial charge in [-0.15, -0.1) is 0 Å². The molecule has 0 fully saturated rings. The number of rotatable bonds is 4. The molecule has 32 heavy (non-hydrogen) atoms. The van der Waals surface area contributed by atoms with E-state index < -0.39 is 11.8 Å². The maximum Gasteiger partial charge on any atom is 0.282 e. The minimum atomic E-state index is -0.468.